The molecule has 4 rings (SSSR count). The van der Waals surface area contributed by atoms with Crippen LogP contribution in [0, 0.1) is 6.92 Å². The molecule has 1 amide bonds. The van der Waals surface area contributed by atoms with Gasteiger partial charge in [0.25, 0.3) is 5.91 Å². The van der Waals surface area contributed by atoms with Gasteiger partial charge >= 0.3 is 5.97 Å². The van der Waals surface area contributed by atoms with Crippen LogP contribution in [-0.2, 0) is 9.53 Å². The van der Waals surface area contributed by atoms with E-state index in [9.17, 15) is 9.59 Å². The third kappa shape index (κ3) is 4.12. The fourth-order valence-electron chi connectivity index (χ4n) is 2.92. The number of anilines is 1. The third-order valence-corrected chi connectivity index (χ3v) is 4.47. The van der Waals surface area contributed by atoms with E-state index in [4.69, 9.17) is 18.6 Å². The second kappa shape index (κ2) is 8.28. The molecule has 1 N–H and O–H groups in total. The number of aryl methyl sites for hydroxylation is 1. The molecule has 0 unspecified atom stereocenters. The van der Waals surface area contributed by atoms with Crippen molar-refractivity contribution in [3.63, 3.8) is 0 Å². The summed E-state index contributed by atoms with van der Waals surface area (Å²) in [6.07, 6.45) is -1.04. The summed E-state index contributed by atoms with van der Waals surface area (Å²) in [4.78, 5) is 29.2. The molecule has 0 radical (unpaired) electrons. The van der Waals surface area contributed by atoms with Gasteiger partial charge in [0.2, 0.25) is 5.89 Å². The highest BCUT2D eigenvalue weighted by molar-refractivity contribution is 5.97. The highest BCUT2D eigenvalue weighted by Crippen LogP contribution is 2.32. The molecular weight excluding hydrogens is 388 g/mol. The molecule has 8 nitrogen and oxygen atoms in total. The molecule has 1 aliphatic rings. The number of amides is 1. The Labute approximate surface area is 172 Å². The Morgan fingerprint density at radius 1 is 1.07 bits per heavy atom. The first kappa shape index (κ1) is 19.5. The van der Waals surface area contributed by atoms with Crippen LogP contribution in [0.5, 0.6) is 11.5 Å². The first-order valence-electron chi connectivity index (χ1n) is 9.45. The topological polar surface area (TPSA) is 99.9 Å². The summed E-state index contributed by atoms with van der Waals surface area (Å²) in [5.41, 5.74) is 1.29. The lowest BCUT2D eigenvalue weighted by Gasteiger charge is -2.19. The lowest BCUT2D eigenvalue weighted by Crippen LogP contribution is -2.30. The Balaban J connectivity index is 1.41. The first-order chi connectivity index (χ1) is 14.5. The van der Waals surface area contributed by atoms with Crippen LogP contribution < -0.4 is 14.8 Å². The molecule has 8 heteroatoms. The van der Waals surface area contributed by atoms with Crippen LogP contribution in [0.25, 0.3) is 11.5 Å². The first-order valence-corrected chi connectivity index (χ1v) is 9.45. The van der Waals surface area contributed by atoms with Crippen molar-refractivity contribution in [2.45, 2.75) is 20.0 Å². The molecule has 154 valence electrons. The molecule has 2 heterocycles. The maximum Gasteiger partial charge on any atom is 0.361 e. The van der Waals surface area contributed by atoms with E-state index in [-0.39, 0.29) is 5.69 Å². The zero-order valence-electron chi connectivity index (χ0n) is 16.5. The molecule has 1 atom stereocenters. The Kier molecular flexibility index (Phi) is 5.38. The molecule has 0 aliphatic carbocycles. The molecule has 3 aromatic rings. The Morgan fingerprint density at radius 2 is 1.80 bits per heavy atom. The van der Waals surface area contributed by atoms with Gasteiger partial charge in [-0.1, -0.05) is 18.2 Å². The average molecular weight is 408 g/mol. The summed E-state index contributed by atoms with van der Waals surface area (Å²) in [5.74, 6) is 0.587. The minimum absolute atomic E-state index is 0.0350. The van der Waals surface area contributed by atoms with Gasteiger partial charge in [-0.3, -0.25) is 4.79 Å². The Bertz CT molecular complexity index is 1080. The van der Waals surface area contributed by atoms with Crippen molar-refractivity contribution >= 4 is 17.6 Å². The largest absolute Gasteiger partial charge is 0.486 e. The standard InChI is InChI=1S/C22H20N2O6/c1-13-19(24-21(29-13)15-6-4-3-5-7-15)22(26)30-14(2)20(25)23-16-8-9-17-18(12-16)28-11-10-27-17/h3-9,12,14H,10-11H2,1-2H3,(H,23,25)/t14-/m0/s1. The van der Waals surface area contributed by atoms with Gasteiger partial charge < -0.3 is 23.9 Å². The summed E-state index contributed by atoms with van der Waals surface area (Å²) >= 11 is 0. The maximum atomic E-state index is 12.5. The van der Waals surface area contributed by atoms with Gasteiger partial charge in [0, 0.05) is 17.3 Å². The van der Waals surface area contributed by atoms with E-state index in [1.54, 1.807) is 25.1 Å². The maximum absolute atomic E-state index is 12.5. The van der Waals surface area contributed by atoms with Crippen LogP contribution in [-0.4, -0.2) is 36.2 Å². The number of hydrogen-bond donors (Lipinski definition) is 1. The molecule has 0 bridgehead atoms. The van der Waals surface area contributed by atoms with E-state index < -0.39 is 18.0 Å². The molecular formula is C22H20N2O6. The SMILES string of the molecule is Cc1oc(-c2ccccc2)nc1C(=O)O[C@@H](C)C(=O)Nc1ccc2c(c1)OCCO2. The normalized spacial score (nSPS) is 13.4. The number of ether oxygens (including phenoxy) is 3. The number of fused-ring (bicyclic) bond motifs is 1. The van der Waals surface area contributed by atoms with Gasteiger partial charge in [0.1, 0.15) is 19.0 Å². The predicted molar refractivity (Wildman–Crippen MR) is 108 cm³/mol. The highest BCUT2D eigenvalue weighted by Gasteiger charge is 2.25. The van der Waals surface area contributed by atoms with Crippen LogP contribution in [0.1, 0.15) is 23.2 Å². The summed E-state index contributed by atoms with van der Waals surface area (Å²) < 4.78 is 21.8. The fourth-order valence-corrected chi connectivity index (χ4v) is 2.92. The van der Waals surface area contributed by atoms with Crippen molar-refractivity contribution in [3.05, 3.63) is 60.0 Å². The molecule has 1 aliphatic heterocycles. The van der Waals surface area contributed by atoms with Gasteiger partial charge in [-0.15, -0.1) is 0 Å². The van der Waals surface area contributed by atoms with Crippen molar-refractivity contribution in [3.8, 4) is 23.0 Å². The monoisotopic (exact) mass is 408 g/mol. The number of nitrogens with one attached hydrogen (secondary N) is 1. The number of rotatable bonds is 5. The van der Waals surface area contributed by atoms with Crippen LogP contribution in [0.2, 0.25) is 0 Å². The Hall–Kier alpha value is -3.81. The number of carbonyl (C=O) groups is 2. The third-order valence-electron chi connectivity index (χ3n) is 4.47. The predicted octanol–water partition coefficient (Wildman–Crippen LogP) is 3.61. The van der Waals surface area contributed by atoms with Crippen molar-refractivity contribution in [2.75, 3.05) is 18.5 Å². The second-order valence-electron chi connectivity index (χ2n) is 6.69. The van der Waals surface area contributed by atoms with E-state index in [2.05, 4.69) is 10.3 Å². The van der Waals surface area contributed by atoms with Crippen LogP contribution in [0.15, 0.2) is 52.9 Å². The zero-order valence-corrected chi connectivity index (χ0v) is 16.5. The van der Waals surface area contributed by atoms with Gasteiger partial charge in [0.05, 0.1) is 0 Å². The number of benzene rings is 2. The molecule has 0 saturated carbocycles. The second-order valence-corrected chi connectivity index (χ2v) is 6.69. The number of oxazole rings is 1. The average Bonchev–Trinajstić information content (AvgIpc) is 3.16. The van der Waals surface area contributed by atoms with Crippen LogP contribution in [0.3, 0.4) is 0 Å². The molecule has 0 saturated heterocycles. The number of esters is 1. The number of nitrogens with zero attached hydrogens (tertiary/aromatic N) is 1. The summed E-state index contributed by atoms with van der Waals surface area (Å²) in [7, 11) is 0. The minimum Gasteiger partial charge on any atom is -0.486 e. The summed E-state index contributed by atoms with van der Waals surface area (Å²) in [6.45, 7) is 4.04. The van der Waals surface area contributed by atoms with Crippen molar-refractivity contribution < 1.29 is 28.2 Å². The zero-order chi connectivity index (χ0) is 21.1. The Morgan fingerprint density at radius 3 is 2.57 bits per heavy atom. The number of carbonyl (C=O) groups excluding carboxylic acids is 2. The van der Waals surface area contributed by atoms with Crippen molar-refractivity contribution in [1.29, 1.82) is 0 Å². The lowest BCUT2D eigenvalue weighted by atomic mass is 10.2. The smallest absolute Gasteiger partial charge is 0.361 e. The van der Waals surface area contributed by atoms with Crippen LogP contribution >= 0.6 is 0 Å². The number of hydrogen-bond acceptors (Lipinski definition) is 7. The van der Waals surface area contributed by atoms with E-state index >= 15 is 0 Å². The van der Waals surface area contributed by atoms with Crippen LogP contribution in [0.4, 0.5) is 5.69 Å². The quantitative estimate of drug-likeness (QED) is 0.644. The van der Waals surface area contributed by atoms with Crippen molar-refractivity contribution in [2.24, 2.45) is 0 Å². The van der Waals surface area contributed by atoms with E-state index in [0.717, 1.165) is 5.56 Å². The molecule has 1 aromatic heterocycles. The van der Waals surface area contributed by atoms with Gasteiger partial charge in [0.15, 0.2) is 23.3 Å². The highest BCUT2D eigenvalue weighted by atomic mass is 16.6. The van der Waals surface area contributed by atoms with Crippen molar-refractivity contribution in [1.82, 2.24) is 4.98 Å². The molecule has 30 heavy (non-hydrogen) atoms. The fraction of sp³-hybridized carbons (Fsp3) is 0.227. The molecule has 0 fully saturated rings. The van der Waals surface area contributed by atoms with Gasteiger partial charge in [-0.25, -0.2) is 9.78 Å². The number of aromatic nitrogens is 1. The minimum atomic E-state index is -1.04. The van der Waals surface area contributed by atoms with Gasteiger partial charge in [-0.05, 0) is 38.1 Å². The summed E-state index contributed by atoms with van der Waals surface area (Å²) in [6, 6.07) is 14.3. The van der Waals surface area contributed by atoms with E-state index in [1.165, 1.54) is 6.92 Å². The van der Waals surface area contributed by atoms with E-state index in [0.29, 0.717) is 42.1 Å². The molecule has 2 aromatic carbocycles. The van der Waals surface area contributed by atoms with E-state index in [1.807, 2.05) is 30.3 Å². The lowest BCUT2D eigenvalue weighted by molar-refractivity contribution is -0.123. The summed E-state index contributed by atoms with van der Waals surface area (Å²) in [5, 5.41) is 2.70. The van der Waals surface area contributed by atoms with Gasteiger partial charge in [-0.2, -0.15) is 0 Å². The molecule has 0 spiro atoms.